The van der Waals surface area contributed by atoms with E-state index in [9.17, 15) is 4.79 Å². The van der Waals surface area contributed by atoms with Gasteiger partial charge in [0.15, 0.2) is 0 Å². The van der Waals surface area contributed by atoms with Crippen LogP contribution in [0.15, 0.2) is 0 Å². The first kappa shape index (κ1) is 18.9. The molecule has 0 unspecified atom stereocenters. The molecule has 0 aliphatic rings. The number of carboxylic acid groups (broad SMARTS) is 1. The Kier molecular flexibility index (Phi) is 17.2. The van der Waals surface area contributed by atoms with Crippen LogP contribution in [0.25, 0.3) is 0 Å². The van der Waals surface area contributed by atoms with Crippen molar-refractivity contribution >= 4 is 15.5 Å². The first-order valence-corrected chi connectivity index (χ1v) is 7.30. The predicted molar refractivity (Wildman–Crippen MR) is 68.0 cm³/mol. The van der Waals surface area contributed by atoms with E-state index in [2.05, 4.69) is 0 Å². The van der Waals surface area contributed by atoms with E-state index in [1.807, 2.05) is 20.8 Å². The zero-order chi connectivity index (χ0) is 13.5. The van der Waals surface area contributed by atoms with Crippen LogP contribution in [0.3, 0.4) is 0 Å². The van der Waals surface area contributed by atoms with E-state index in [0.29, 0.717) is 32.8 Å². The SMILES string of the molecule is CCO[SiH](OCC)OCC.NCCCC(=O)O. The minimum absolute atomic E-state index is 0.191. The molecule has 17 heavy (non-hydrogen) atoms. The molecule has 0 saturated heterocycles. The fraction of sp³-hybridized carbons (Fsp3) is 0.900. The van der Waals surface area contributed by atoms with Gasteiger partial charge in [-0.1, -0.05) is 0 Å². The van der Waals surface area contributed by atoms with Gasteiger partial charge in [-0.2, -0.15) is 0 Å². The molecule has 0 aliphatic carbocycles. The zero-order valence-electron chi connectivity index (χ0n) is 11.0. The first-order valence-electron chi connectivity index (χ1n) is 5.88. The minimum Gasteiger partial charge on any atom is -0.481 e. The highest BCUT2D eigenvalue weighted by Gasteiger charge is 2.11. The van der Waals surface area contributed by atoms with Crippen LogP contribution in [0, 0.1) is 0 Å². The monoisotopic (exact) mass is 267 g/mol. The Labute approximate surface area is 105 Å². The maximum atomic E-state index is 9.70. The molecule has 104 valence electrons. The van der Waals surface area contributed by atoms with Crippen LogP contribution in [-0.2, 0) is 18.1 Å². The first-order chi connectivity index (χ1) is 8.12. The molecule has 0 spiro atoms. The lowest BCUT2D eigenvalue weighted by atomic mass is 10.3. The van der Waals surface area contributed by atoms with Crippen LogP contribution in [-0.4, -0.2) is 47.0 Å². The maximum absolute atomic E-state index is 9.70. The number of nitrogens with two attached hydrogens (primary N) is 1. The summed E-state index contributed by atoms with van der Waals surface area (Å²) in [6.45, 7) is 8.32. The molecule has 0 bridgehead atoms. The largest absolute Gasteiger partial charge is 0.484 e. The molecule has 0 atom stereocenters. The van der Waals surface area contributed by atoms with Crippen molar-refractivity contribution in [3.8, 4) is 0 Å². The Morgan fingerprint density at radius 1 is 1.12 bits per heavy atom. The summed E-state index contributed by atoms with van der Waals surface area (Å²) in [6.07, 6.45) is 0.770. The maximum Gasteiger partial charge on any atom is 0.484 e. The van der Waals surface area contributed by atoms with Crippen LogP contribution < -0.4 is 5.73 Å². The zero-order valence-corrected chi connectivity index (χ0v) is 12.1. The fourth-order valence-electron chi connectivity index (χ4n) is 0.806. The molecule has 3 N–H and O–H groups in total. The van der Waals surface area contributed by atoms with Crippen molar-refractivity contribution in [2.24, 2.45) is 5.73 Å². The van der Waals surface area contributed by atoms with Gasteiger partial charge in [-0.3, -0.25) is 4.79 Å². The van der Waals surface area contributed by atoms with Crippen molar-refractivity contribution in [1.82, 2.24) is 0 Å². The van der Waals surface area contributed by atoms with Gasteiger partial charge in [-0.25, -0.2) is 0 Å². The number of rotatable bonds is 9. The van der Waals surface area contributed by atoms with Gasteiger partial charge in [0, 0.05) is 26.2 Å². The van der Waals surface area contributed by atoms with Crippen LogP contribution in [0.1, 0.15) is 33.6 Å². The van der Waals surface area contributed by atoms with E-state index in [-0.39, 0.29) is 6.42 Å². The van der Waals surface area contributed by atoms with E-state index >= 15 is 0 Å². The van der Waals surface area contributed by atoms with Crippen molar-refractivity contribution in [2.45, 2.75) is 33.6 Å². The molecule has 0 aromatic rings. The van der Waals surface area contributed by atoms with Gasteiger partial charge < -0.3 is 24.1 Å². The topological polar surface area (TPSA) is 91.0 Å². The fourth-order valence-corrected chi connectivity index (χ4v) is 1.91. The van der Waals surface area contributed by atoms with Crippen molar-refractivity contribution < 1.29 is 23.2 Å². The lowest BCUT2D eigenvalue weighted by molar-refractivity contribution is -0.137. The van der Waals surface area contributed by atoms with Gasteiger partial charge in [0.1, 0.15) is 0 Å². The number of aliphatic carboxylic acids is 1. The van der Waals surface area contributed by atoms with Crippen molar-refractivity contribution in [1.29, 1.82) is 0 Å². The molecule has 7 heteroatoms. The second-order valence-electron chi connectivity index (χ2n) is 2.94. The van der Waals surface area contributed by atoms with Crippen molar-refractivity contribution in [2.75, 3.05) is 26.4 Å². The third-order valence-electron chi connectivity index (χ3n) is 1.50. The normalized spacial score (nSPS) is 9.94. The summed E-state index contributed by atoms with van der Waals surface area (Å²) in [5, 5.41) is 7.99. The average molecular weight is 267 g/mol. The Hall–Kier alpha value is -0.473. The van der Waals surface area contributed by atoms with Crippen LogP contribution in [0.2, 0.25) is 0 Å². The molecule has 0 aliphatic heterocycles. The number of hydrogen-bond acceptors (Lipinski definition) is 5. The summed E-state index contributed by atoms with van der Waals surface area (Å²) < 4.78 is 15.7. The van der Waals surface area contributed by atoms with Crippen LogP contribution >= 0.6 is 0 Å². The van der Waals surface area contributed by atoms with Gasteiger partial charge >= 0.3 is 15.5 Å². The van der Waals surface area contributed by atoms with E-state index in [0.717, 1.165) is 0 Å². The van der Waals surface area contributed by atoms with Gasteiger partial charge in [0.05, 0.1) is 0 Å². The molecule has 0 fully saturated rings. The number of carboxylic acids is 1. The molecule has 0 amide bonds. The Morgan fingerprint density at radius 3 is 1.71 bits per heavy atom. The predicted octanol–water partition coefficient (Wildman–Crippen LogP) is 0.623. The second-order valence-corrected chi connectivity index (χ2v) is 4.52. The Morgan fingerprint density at radius 2 is 1.53 bits per heavy atom. The summed E-state index contributed by atoms with van der Waals surface area (Å²) in [5.74, 6) is -0.773. The molecular weight excluding hydrogens is 242 g/mol. The summed E-state index contributed by atoms with van der Waals surface area (Å²) >= 11 is 0. The average Bonchev–Trinajstić information content (AvgIpc) is 2.28. The van der Waals surface area contributed by atoms with Gasteiger partial charge in [0.25, 0.3) is 0 Å². The molecular formula is C10H25NO5Si. The van der Waals surface area contributed by atoms with E-state index in [1.165, 1.54) is 0 Å². The summed E-state index contributed by atoms with van der Waals surface area (Å²) in [5.41, 5.74) is 5.01. The van der Waals surface area contributed by atoms with Gasteiger partial charge in [-0.15, -0.1) is 0 Å². The summed E-state index contributed by atoms with van der Waals surface area (Å²) in [4.78, 5) is 9.70. The molecule has 0 heterocycles. The smallest absolute Gasteiger partial charge is 0.481 e. The van der Waals surface area contributed by atoms with Crippen LogP contribution in [0.5, 0.6) is 0 Å². The highest BCUT2D eigenvalue weighted by Crippen LogP contribution is 1.91. The van der Waals surface area contributed by atoms with E-state index in [1.54, 1.807) is 0 Å². The highest BCUT2D eigenvalue weighted by molar-refractivity contribution is 6.36. The molecule has 0 radical (unpaired) electrons. The minimum atomic E-state index is -1.73. The molecule has 0 aromatic heterocycles. The molecule has 0 saturated carbocycles. The third kappa shape index (κ3) is 18.1. The summed E-state index contributed by atoms with van der Waals surface area (Å²) in [7, 11) is -1.73. The number of hydrogen-bond donors (Lipinski definition) is 2. The van der Waals surface area contributed by atoms with Gasteiger partial charge in [-0.05, 0) is 33.7 Å². The molecule has 0 rings (SSSR count). The summed E-state index contributed by atoms with van der Waals surface area (Å²) in [6, 6.07) is 0. The molecule has 0 aromatic carbocycles. The van der Waals surface area contributed by atoms with Crippen LogP contribution in [0.4, 0.5) is 0 Å². The number of carbonyl (C=O) groups is 1. The lowest BCUT2D eigenvalue weighted by Gasteiger charge is -2.12. The highest BCUT2D eigenvalue weighted by atomic mass is 28.3. The van der Waals surface area contributed by atoms with Gasteiger partial charge in [0.2, 0.25) is 0 Å². The Balaban J connectivity index is 0. The molecule has 6 nitrogen and oxygen atoms in total. The quantitative estimate of drug-likeness (QED) is 0.595. The lowest BCUT2D eigenvalue weighted by Crippen LogP contribution is -2.27. The van der Waals surface area contributed by atoms with Crippen molar-refractivity contribution in [3.63, 3.8) is 0 Å². The van der Waals surface area contributed by atoms with E-state index in [4.69, 9.17) is 24.1 Å². The van der Waals surface area contributed by atoms with Crippen molar-refractivity contribution in [3.05, 3.63) is 0 Å². The third-order valence-corrected chi connectivity index (χ3v) is 3.32. The standard InChI is InChI=1S/C6H16O3Si.C4H9NO2/c1-4-7-10(8-5-2)9-6-3;5-3-1-2-4(6)7/h10H,4-6H2,1-3H3;1-3,5H2,(H,6,7). The Bertz CT molecular complexity index is 157. The second kappa shape index (κ2) is 15.5. The van der Waals surface area contributed by atoms with E-state index < -0.39 is 15.5 Å².